The first kappa shape index (κ1) is 14.7. The van der Waals surface area contributed by atoms with Crippen LogP contribution >= 0.6 is 0 Å². The van der Waals surface area contributed by atoms with Crippen molar-refractivity contribution in [3.8, 4) is 0 Å². The second kappa shape index (κ2) is 5.96. The molecule has 0 spiro atoms. The molecule has 122 valence electrons. The molecule has 0 atom stereocenters. The number of aromatic amines is 1. The van der Waals surface area contributed by atoms with Crippen LogP contribution in [-0.2, 0) is 0 Å². The normalized spacial score (nSPS) is 22.4. The van der Waals surface area contributed by atoms with Crippen molar-refractivity contribution in [3.05, 3.63) is 30.5 Å². The maximum absolute atomic E-state index is 4.75. The summed E-state index contributed by atoms with van der Waals surface area (Å²) in [5.41, 5.74) is 3.17. The molecule has 1 saturated carbocycles. The van der Waals surface area contributed by atoms with E-state index in [9.17, 15) is 0 Å². The molecule has 0 aromatic carbocycles. The van der Waals surface area contributed by atoms with E-state index in [1.54, 1.807) is 0 Å². The zero-order valence-electron chi connectivity index (χ0n) is 14.0. The van der Waals surface area contributed by atoms with E-state index in [0.29, 0.717) is 5.92 Å². The summed E-state index contributed by atoms with van der Waals surface area (Å²) in [4.78, 5) is 15.0. The van der Waals surface area contributed by atoms with Gasteiger partial charge < -0.3 is 9.88 Å². The van der Waals surface area contributed by atoms with E-state index in [1.165, 1.54) is 31.5 Å². The molecule has 3 heterocycles. The highest BCUT2D eigenvalue weighted by Gasteiger charge is 2.28. The summed E-state index contributed by atoms with van der Waals surface area (Å²) in [7, 11) is 0. The van der Waals surface area contributed by atoms with Gasteiger partial charge in [0, 0.05) is 18.2 Å². The van der Waals surface area contributed by atoms with Crippen LogP contribution in [0.4, 0.5) is 0 Å². The van der Waals surface area contributed by atoms with Gasteiger partial charge in [-0.05, 0) is 44.8 Å². The van der Waals surface area contributed by atoms with E-state index in [2.05, 4.69) is 39.2 Å². The van der Waals surface area contributed by atoms with E-state index in [4.69, 9.17) is 4.98 Å². The van der Waals surface area contributed by atoms with E-state index in [-0.39, 0.29) is 0 Å². The van der Waals surface area contributed by atoms with E-state index >= 15 is 0 Å². The third-order valence-electron chi connectivity index (χ3n) is 5.48. The largest absolute Gasteiger partial charge is 0.345 e. The Hall–Kier alpha value is -1.88. The lowest BCUT2D eigenvalue weighted by Gasteiger charge is -2.35. The number of hydrogen-bond donors (Lipinski definition) is 1. The highest BCUT2D eigenvalue weighted by molar-refractivity contribution is 5.75. The molecule has 1 aliphatic rings. The Balaban J connectivity index is 1.62. The Labute approximate surface area is 136 Å². The van der Waals surface area contributed by atoms with Crippen molar-refractivity contribution < 1.29 is 0 Å². The van der Waals surface area contributed by atoms with Gasteiger partial charge in [-0.15, -0.1) is 0 Å². The molecule has 0 radical (unpaired) electrons. The third kappa shape index (κ3) is 2.43. The lowest BCUT2D eigenvalue weighted by atomic mass is 9.84. The fraction of sp³-hybridized carbons (Fsp3) is 0.556. The highest BCUT2D eigenvalue weighted by atomic mass is 15.1. The Kier molecular flexibility index (Phi) is 3.81. The first-order chi connectivity index (χ1) is 11.3. The van der Waals surface area contributed by atoms with Gasteiger partial charge in [0.05, 0.1) is 23.4 Å². The van der Waals surface area contributed by atoms with Crippen molar-refractivity contribution >= 4 is 16.7 Å². The van der Waals surface area contributed by atoms with Gasteiger partial charge in [-0.2, -0.15) is 0 Å². The first-order valence-electron chi connectivity index (χ1n) is 8.85. The molecule has 4 rings (SSSR count). The fourth-order valence-electron chi connectivity index (χ4n) is 4.23. The van der Waals surface area contributed by atoms with Crippen LogP contribution in [0.3, 0.4) is 0 Å². The molecule has 5 heteroatoms. The van der Waals surface area contributed by atoms with Gasteiger partial charge in [-0.3, -0.25) is 4.40 Å². The fourth-order valence-corrected chi connectivity index (χ4v) is 4.23. The average molecular weight is 311 g/mol. The number of nitrogens with zero attached hydrogens (tertiary/aromatic N) is 4. The molecule has 3 aromatic heterocycles. The molecule has 0 aliphatic heterocycles. The molecule has 0 amide bonds. The smallest absolute Gasteiger partial charge is 0.154 e. The minimum absolute atomic E-state index is 0.560. The maximum atomic E-state index is 4.75. The van der Waals surface area contributed by atoms with Gasteiger partial charge in [0.25, 0.3) is 0 Å². The lowest BCUT2D eigenvalue weighted by Crippen LogP contribution is -2.37. The second-order valence-corrected chi connectivity index (χ2v) is 6.57. The summed E-state index contributed by atoms with van der Waals surface area (Å²) in [6.07, 6.45) is 10.9. The number of hydrogen-bond acceptors (Lipinski definition) is 3. The van der Waals surface area contributed by atoms with Crippen LogP contribution in [0, 0.1) is 0 Å². The summed E-state index contributed by atoms with van der Waals surface area (Å²) in [5, 5.41) is 0. The average Bonchev–Trinajstić information content (AvgIpc) is 3.22. The minimum atomic E-state index is 0.560. The van der Waals surface area contributed by atoms with Gasteiger partial charge >= 0.3 is 0 Å². The molecule has 5 nitrogen and oxygen atoms in total. The van der Waals surface area contributed by atoms with Crippen molar-refractivity contribution in [1.29, 1.82) is 0 Å². The van der Waals surface area contributed by atoms with Gasteiger partial charge in [-0.1, -0.05) is 13.8 Å². The SMILES string of the molecule is CCN(CC)[C@H]1CC[C@H](c2ncc3cnc4[nH]ccc4n32)CC1. The molecular weight excluding hydrogens is 286 g/mol. The summed E-state index contributed by atoms with van der Waals surface area (Å²) in [5.74, 6) is 1.77. The lowest BCUT2D eigenvalue weighted by molar-refractivity contribution is 0.162. The molecule has 1 fully saturated rings. The number of rotatable bonds is 4. The Morgan fingerprint density at radius 3 is 2.61 bits per heavy atom. The molecule has 1 aliphatic carbocycles. The van der Waals surface area contributed by atoms with E-state index < -0.39 is 0 Å². The number of H-pyrrole nitrogens is 1. The quantitative estimate of drug-likeness (QED) is 0.801. The Morgan fingerprint density at radius 1 is 1.13 bits per heavy atom. The van der Waals surface area contributed by atoms with Crippen molar-refractivity contribution in [2.75, 3.05) is 13.1 Å². The summed E-state index contributed by atoms with van der Waals surface area (Å²) in [6.45, 7) is 6.86. The zero-order chi connectivity index (χ0) is 15.8. The second-order valence-electron chi connectivity index (χ2n) is 6.57. The maximum Gasteiger partial charge on any atom is 0.154 e. The predicted molar refractivity (Wildman–Crippen MR) is 92.8 cm³/mol. The zero-order valence-corrected chi connectivity index (χ0v) is 14.0. The van der Waals surface area contributed by atoms with Gasteiger partial charge in [0.15, 0.2) is 5.65 Å². The van der Waals surface area contributed by atoms with Crippen LogP contribution < -0.4 is 0 Å². The van der Waals surface area contributed by atoms with E-state index in [0.717, 1.165) is 35.8 Å². The molecule has 3 aromatic rings. The van der Waals surface area contributed by atoms with Gasteiger partial charge in [0.2, 0.25) is 0 Å². The van der Waals surface area contributed by atoms with Crippen molar-refractivity contribution in [2.45, 2.75) is 51.5 Å². The van der Waals surface area contributed by atoms with E-state index in [1.807, 2.05) is 18.6 Å². The van der Waals surface area contributed by atoms with Gasteiger partial charge in [-0.25, -0.2) is 9.97 Å². The number of fused-ring (bicyclic) bond motifs is 3. The molecule has 0 unspecified atom stereocenters. The van der Waals surface area contributed by atoms with Crippen LogP contribution in [0.15, 0.2) is 24.7 Å². The number of imidazole rings is 1. The summed E-state index contributed by atoms with van der Waals surface area (Å²) < 4.78 is 2.29. The van der Waals surface area contributed by atoms with Crippen molar-refractivity contribution in [2.24, 2.45) is 0 Å². The van der Waals surface area contributed by atoms with Crippen molar-refractivity contribution in [3.63, 3.8) is 0 Å². The van der Waals surface area contributed by atoms with Crippen molar-refractivity contribution in [1.82, 2.24) is 24.3 Å². The van der Waals surface area contributed by atoms with Crippen LogP contribution in [-0.4, -0.2) is 43.4 Å². The molecule has 0 bridgehead atoms. The first-order valence-corrected chi connectivity index (χ1v) is 8.85. The highest BCUT2D eigenvalue weighted by Crippen LogP contribution is 2.35. The standard InChI is InChI=1S/C18H25N5/c1-3-22(4-2)14-7-5-13(6-8-14)18-21-12-15-11-20-17-16(23(15)18)9-10-19-17/h9-14,19H,3-8H2,1-2H3/t13-,14-. The van der Waals surface area contributed by atoms with Gasteiger partial charge in [0.1, 0.15) is 5.82 Å². The minimum Gasteiger partial charge on any atom is -0.345 e. The number of nitrogens with one attached hydrogen (secondary N) is 1. The monoisotopic (exact) mass is 311 g/mol. The topological polar surface area (TPSA) is 49.2 Å². The third-order valence-corrected chi connectivity index (χ3v) is 5.48. The van der Waals surface area contributed by atoms with Crippen LogP contribution in [0.25, 0.3) is 16.7 Å². The summed E-state index contributed by atoms with van der Waals surface area (Å²) >= 11 is 0. The molecule has 0 saturated heterocycles. The molecule has 1 N–H and O–H groups in total. The van der Waals surface area contributed by atoms with Crippen LogP contribution in [0.2, 0.25) is 0 Å². The van der Waals surface area contributed by atoms with Crippen LogP contribution in [0.1, 0.15) is 51.3 Å². The predicted octanol–water partition coefficient (Wildman–Crippen LogP) is 3.58. The van der Waals surface area contributed by atoms with Crippen LogP contribution in [0.5, 0.6) is 0 Å². The Bertz CT molecular complexity index is 790. The molecule has 23 heavy (non-hydrogen) atoms. The molecular formula is C18H25N5. The Morgan fingerprint density at radius 2 is 1.87 bits per heavy atom. The summed E-state index contributed by atoms with van der Waals surface area (Å²) in [6, 6.07) is 2.85. The number of aromatic nitrogens is 4.